The fraction of sp³-hybridized carbons (Fsp3) is 0.383. The van der Waals surface area contributed by atoms with E-state index in [4.69, 9.17) is 5.10 Å². The molecule has 0 aliphatic carbocycles. The van der Waals surface area contributed by atoms with Gasteiger partial charge in [-0.3, -0.25) is 34.5 Å². The van der Waals surface area contributed by atoms with Crippen LogP contribution in [0.4, 0.5) is 31.0 Å². The summed E-state index contributed by atoms with van der Waals surface area (Å²) in [5.74, 6) is -2.09. The zero-order chi connectivity index (χ0) is 45.3. The number of nitrogens with one attached hydrogen (secondary N) is 3. The third-order valence-corrected chi connectivity index (χ3v) is 14.6. The number of imidazole rings is 1. The molecule has 3 aromatic heterocycles. The van der Waals surface area contributed by atoms with Crippen LogP contribution in [0.25, 0.3) is 22.0 Å². The number of fused-ring (bicyclic) bond motifs is 2. The van der Waals surface area contributed by atoms with Crippen molar-refractivity contribution in [2.24, 2.45) is 5.41 Å². The maximum absolute atomic E-state index is 15.8. The van der Waals surface area contributed by atoms with E-state index in [0.29, 0.717) is 84.1 Å². The number of rotatable bonds is 11. The van der Waals surface area contributed by atoms with Crippen LogP contribution in [0.2, 0.25) is 0 Å². The molecule has 340 valence electrons. The summed E-state index contributed by atoms with van der Waals surface area (Å²) in [6, 6.07) is 14.4. The minimum atomic E-state index is -1.18. The summed E-state index contributed by atoms with van der Waals surface area (Å²) < 4.78 is 34.6. The molecule has 0 saturated carbocycles. The third kappa shape index (κ3) is 7.82. The molecule has 3 aromatic carbocycles. The Morgan fingerprint density at radius 3 is 2.47 bits per heavy atom. The van der Waals surface area contributed by atoms with Crippen molar-refractivity contribution in [3.8, 4) is 11.1 Å². The zero-order valence-corrected chi connectivity index (χ0v) is 36.7. The van der Waals surface area contributed by atoms with Gasteiger partial charge in [0.05, 0.1) is 40.6 Å². The van der Waals surface area contributed by atoms with Crippen LogP contribution in [0.5, 0.6) is 0 Å². The predicted octanol–water partition coefficient (Wildman–Crippen LogP) is 5.10. The molecule has 5 aliphatic rings. The van der Waals surface area contributed by atoms with E-state index in [1.165, 1.54) is 28.2 Å². The molecule has 5 aliphatic heterocycles. The Morgan fingerprint density at radius 1 is 0.924 bits per heavy atom. The van der Waals surface area contributed by atoms with E-state index >= 15 is 8.78 Å². The lowest BCUT2D eigenvalue weighted by molar-refractivity contribution is -0.151. The molecule has 2 atom stereocenters. The van der Waals surface area contributed by atoms with E-state index in [2.05, 4.69) is 35.4 Å². The number of carbonyl (C=O) groups is 4. The lowest BCUT2D eigenvalue weighted by Gasteiger charge is -2.61. The van der Waals surface area contributed by atoms with Gasteiger partial charge in [-0.15, -0.1) is 11.3 Å². The summed E-state index contributed by atoms with van der Waals surface area (Å²) in [5.41, 5.74) is 4.14. The number of aromatic nitrogens is 5. The van der Waals surface area contributed by atoms with Crippen molar-refractivity contribution in [1.82, 2.24) is 34.5 Å². The van der Waals surface area contributed by atoms with Crippen molar-refractivity contribution in [3.05, 3.63) is 102 Å². The van der Waals surface area contributed by atoms with E-state index in [1.54, 1.807) is 36.2 Å². The van der Waals surface area contributed by atoms with Crippen LogP contribution < -0.4 is 25.8 Å². The molecule has 4 amide bonds. The van der Waals surface area contributed by atoms with E-state index in [1.807, 2.05) is 40.1 Å². The maximum atomic E-state index is 15.8. The summed E-state index contributed by atoms with van der Waals surface area (Å²) in [6.45, 7) is 4.42. The monoisotopic (exact) mass is 915 g/mol. The summed E-state index contributed by atoms with van der Waals surface area (Å²) in [5, 5.41) is 26.9. The average Bonchev–Trinajstić information content (AvgIpc) is 4.10. The SMILES string of the molecule is O=C1CC[C@H](Nc2ccc(N3CCC(O)(CC(=O)N4CC5(C4)CN(c4ccc(-c6cc(F)c7cn(C(C(=O)Nc8nccs8)c8ncn9c8CCC9)nc7c6)cc4)C5)CC3)c(F)c2)C(=O)N1. The molecule has 4 N–H and O–H groups in total. The number of aliphatic hydroxyl groups is 1. The number of hydrogen-bond acceptors (Lipinski definition) is 12. The average molecular weight is 916 g/mol. The minimum absolute atomic E-state index is 0.00421. The molecule has 6 aromatic rings. The number of aryl methyl sites for hydroxylation is 1. The van der Waals surface area contributed by atoms with E-state index in [0.717, 1.165) is 49.4 Å². The van der Waals surface area contributed by atoms with Crippen LogP contribution >= 0.6 is 11.3 Å². The first-order valence-electron chi connectivity index (χ1n) is 22.3. The highest BCUT2D eigenvalue weighted by Crippen LogP contribution is 2.43. The van der Waals surface area contributed by atoms with Crippen LogP contribution in [0.15, 0.2) is 78.7 Å². The molecular weight excluding hydrogens is 869 g/mol. The largest absolute Gasteiger partial charge is 0.389 e. The van der Waals surface area contributed by atoms with Crippen molar-refractivity contribution in [3.63, 3.8) is 0 Å². The van der Waals surface area contributed by atoms with Crippen molar-refractivity contribution >= 4 is 68.1 Å². The van der Waals surface area contributed by atoms with Crippen LogP contribution in [0.3, 0.4) is 0 Å². The molecule has 16 nitrogen and oxygen atoms in total. The molecule has 4 saturated heterocycles. The Hall–Kier alpha value is -6.73. The topological polar surface area (TPSA) is 183 Å². The first-order valence-corrected chi connectivity index (χ1v) is 23.2. The van der Waals surface area contributed by atoms with Gasteiger partial charge in [0.2, 0.25) is 17.7 Å². The third-order valence-electron chi connectivity index (χ3n) is 13.9. The Balaban J connectivity index is 0.681. The fourth-order valence-corrected chi connectivity index (χ4v) is 10.9. The van der Waals surface area contributed by atoms with Gasteiger partial charge >= 0.3 is 0 Å². The highest BCUT2D eigenvalue weighted by molar-refractivity contribution is 7.13. The lowest BCUT2D eigenvalue weighted by Crippen LogP contribution is -2.73. The number of anilines is 4. The lowest BCUT2D eigenvalue weighted by atomic mass is 9.72. The Labute approximate surface area is 381 Å². The minimum Gasteiger partial charge on any atom is -0.389 e. The molecule has 19 heteroatoms. The number of carbonyl (C=O) groups excluding carboxylic acids is 4. The van der Waals surface area contributed by atoms with E-state index in [9.17, 15) is 24.3 Å². The van der Waals surface area contributed by atoms with Gasteiger partial charge in [0.15, 0.2) is 11.2 Å². The highest BCUT2D eigenvalue weighted by Gasteiger charge is 2.54. The predicted molar refractivity (Wildman–Crippen MR) is 243 cm³/mol. The number of amides is 4. The normalized spacial score (nSPS) is 20.2. The van der Waals surface area contributed by atoms with Gasteiger partial charge in [0.1, 0.15) is 17.7 Å². The number of likely N-dealkylation sites (tertiary alicyclic amines) is 1. The van der Waals surface area contributed by atoms with Gasteiger partial charge in [-0.2, -0.15) is 5.10 Å². The van der Waals surface area contributed by atoms with Gasteiger partial charge < -0.3 is 29.7 Å². The van der Waals surface area contributed by atoms with Crippen molar-refractivity contribution in [2.75, 3.05) is 59.7 Å². The highest BCUT2D eigenvalue weighted by atomic mass is 32.1. The van der Waals surface area contributed by atoms with Gasteiger partial charge in [-0.25, -0.2) is 18.7 Å². The molecule has 0 radical (unpaired) electrons. The number of halogens is 2. The van der Waals surface area contributed by atoms with Gasteiger partial charge in [-0.05, 0) is 85.7 Å². The van der Waals surface area contributed by atoms with E-state index in [-0.39, 0.29) is 36.0 Å². The van der Waals surface area contributed by atoms with Crippen LogP contribution in [0, 0.1) is 17.0 Å². The summed E-state index contributed by atoms with van der Waals surface area (Å²) in [6.07, 6.45) is 7.89. The van der Waals surface area contributed by atoms with Crippen LogP contribution in [-0.4, -0.2) is 109 Å². The Kier molecular flexibility index (Phi) is 10.4. The quantitative estimate of drug-likeness (QED) is 0.127. The first kappa shape index (κ1) is 41.9. The summed E-state index contributed by atoms with van der Waals surface area (Å²) >= 11 is 1.31. The smallest absolute Gasteiger partial charge is 0.257 e. The van der Waals surface area contributed by atoms with Gasteiger partial charge in [-0.1, -0.05) is 12.1 Å². The Bertz CT molecular complexity index is 2880. The fourth-order valence-electron chi connectivity index (χ4n) is 10.3. The Morgan fingerprint density at radius 2 is 1.73 bits per heavy atom. The number of piperidine rings is 2. The molecule has 11 rings (SSSR count). The summed E-state index contributed by atoms with van der Waals surface area (Å²) in [7, 11) is 0. The van der Waals surface area contributed by atoms with Gasteiger partial charge in [0.25, 0.3) is 5.91 Å². The molecule has 1 unspecified atom stereocenters. The van der Waals surface area contributed by atoms with E-state index < -0.39 is 35.2 Å². The van der Waals surface area contributed by atoms with Crippen molar-refractivity contribution in [2.45, 2.75) is 69.2 Å². The maximum Gasteiger partial charge on any atom is 0.257 e. The zero-order valence-electron chi connectivity index (χ0n) is 35.9. The summed E-state index contributed by atoms with van der Waals surface area (Å²) in [4.78, 5) is 65.5. The van der Waals surface area contributed by atoms with Gasteiger partial charge in [0, 0.05) is 92.5 Å². The molecule has 8 heterocycles. The van der Waals surface area contributed by atoms with Crippen LogP contribution in [0.1, 0.15) is 56.0 Å². The first-order chi connectivity index (χ1) is 31.9. The van der Waals surface area contributed by atoms with Crippen molar-refractivity contribution < 1.29 is 33.1 Å². The number of hydrogen-bond donors (Lipinski definition) is 4. The molecule has 1 spiro atoms. The molecular formula is C47H47F2N11O5S. The molecule has 4 fully saturated rings. The molecule has 66 heavy (non-hydrogen) atoms. The van der Waals surface area contributed by atoms with Crippen LogP contribution in [-0.2, 0) is 32.1 Å². The second kappa shape index (κ2) is 16.3. The number of nitrogens with zero attached hydrogens (tertiary/aromatic N) is 8. The number of thiazole rings is 1. The number of benzene rings is 3. The van der Waals surface area contributed by atoms with Crippen molar-refractivity contribution in [1.29, 1.82) is 0 Å². The standard InChI is InChI=1S/C47H47F2N11O5S/c48-33-18-29(19-36-32(33)22-60(55-36)42(44(64)54-45-50-13-17-66-45)41-38-2-1-14-57(38)27-51-41)28-3-6-31(7-4-28)58-23-46(24-58)25-59(26-46)40(62)21-47(65)11-15-56(16-12-47)37-9-5-30(20-34(37)49)52-35-8-10-39(61)53-43(35)63/h3-7,9,13,17-20,22,27,35,42,52,65H,1-2,8,10-12,14-16,21,23-26H2,(H,50,54,64)(H,53,61,63)/t35-,42?/m0/s1. The number of imide groups is 1. The molecule has 0 bridgehead atoms. The second-order valence-electron chi connectivity index (χ2n) is 18.5. The second-order valence-corrected chi connectivity index (χ2v) is 19.4.